The van der Waals surface area contributed by atoms with Crippen LogP contribution >= 0.6 is 7.82 Å². The molecule has 9 heteroatoms. The molecule has 0 heterocycles. The van der Waals surface area contributed by atoms with Gasteiger partial charge >= 0.3 is 19.8 Å². The van der Waals surface area contributed by atoms with E-state index in [1.807, 2.05) is 0 Å². The molecular formula is C49H95O8P. The van der Waals surface area contributed by atoms with E-state index < -0.39 is 32.5 Å². The van der Waals surface area contributed by atoms with Gasteiger partial charge in [0.15, 0.2) is 6.10 Å². The first-order valence-corrected chi connectivity index (χ1v) is 26.5. The molecule has 1 atom stereocenters. The molecular weight excluding hydrogens is 748 g/mol. The Morgan fingerprint density at radius 1 is 0.431 bits per heavy atom. The van der Waals surface area contributed by atoms with Crippen LogP contribution in [0.4, 0.5) is 0 Å². The summed E-state index contributed by atoms with van der Waals surface area (Å²) in [6, 6.07) is 0. The molecule has 2 N–H and O–H groups in total. The Hall–Kier alpha value is -1.21. The summed E-state index contributed by atoms with van der Waals surface area (Å²) in [4.78, 5) is 43.0. The molecule has 0 unspecified atom stereocenters. The lowest BCUT2D eigenvalue weighted by Gasteiger charge is -2.18. The maximum Gasteiger partial charge on any atom is 0.469 e. The van der Waals surface area contributed by atoms with E-state index in [2.05, 4.69) is 30.5 Å². The summed E-state index contributed by atoms with van der Waals surface area (Å²) >= 11 is 0. The van der Waals surface area contributed by atoms with E-state index in [9.17, 15) is 14.2 Å². The molecule has 0 spiro atoms. The van der Waals surface area contributed by atoms with Crippen LogP contribution in [0, 0.1) is 0 Å². The average molecular weight is 843 g/mol. The molecule has 8 nitrogen and oxygen atoms in total. The number of hydrogen-bond acceptors (Lipinski definition) is 6. The smallest absolute Gasteiger partial charge is 0.462 e. The topological polar surface area (TPSA) is 119 Å². The fourth-order valence-electron chi connectivity index (χ4n) is 7.55. The van der Waals surface area contributed by atoms with E-state index in [0.29, 0.717) is 6.42 Å². The van der Waals surface area contributed by atoms with Gasteiger partial charge in [-0.05, 0) is 38.5 Å². The summed E-state index contributed by atoms with van der Waals surface area (Å²) < 4.78 is 26.5. The molecule has 58 heavy (non-hydrogen) atoms. The number of esters is 2. The fourth-order valence-corrected chi connectivity index (χ4v) is 7.91. The van der Waals surface area contributed by atoms with Crippen LogP contribution in [0.25, 0.3) is 0 Å². The first-order chi connectivity index (χ1) is 28.3. The van der Waals surface area contributed by atoms with Gasteiger partial charge in [-0.2, -0.15) is 0 Å². The van der Waals surface area contributed by atoms with Crippen LogP contribution < -0.4 is 0 Å². The van der Waals surface area contributed by atoms with Gasteiger partial charge < -0.3 is 19.3 Å². The summed E-state index contributed by atoms with van der Waals surface area (Å²) in [7, 11) is -4.75. The number of hydrogen-bond donors (Lipinski definition) is 2. The van der Waals surface area contributed by atoms with Crippen LogP contribution in [0.15, 0.2) is 12.2 Å². The monoisotopic (exact) mass is 843 g/mol. The van der Waals surface area contributed by atoms with Gasteiger partial charge in [0.2, 0.25) is 0 Å². The SMILES string of the molecule is CCCCCC/C=C/CCCCCCCCCCCC(=O)O[C@H](COC(=O)CCCCCCCCCCCCCCCCCCCCCCCCC)COP(=O)(O)O. The maximum atomic E-state index is 12.5. The summed E-state index contributed by atoms with van der Waals surface area (Å²) in [6.07, 6.45) is 52.3. The molecule has 344 valence electrons. The molecule has 0 radical (unpaired) electrons. The second-order valence-corrected chi connectivity index (χ2v) is 18.4. The molecule has 0 aromatic rings. The molecule has 0 amide bonds. The molecule has 0 saturated carbocycles. The first kappa shape index (κ1) is 56.8. The zero-order valence-corrected chi connectivity index (χ0v) is 39.1. The van der Waals surface area contributed by atoms with Gasteiger partial charge in [0.05, 0.1) is 6.61 Å². The Kier molecular flexibility index (Phi) is 44.4. The number of rotatable bonds is 47. The quantitative estimate of drug-likeness (QED) is 0.0269. The Morgan fingerprint density at radius 3 is 1.07 bits per heavy atom. The second kappa shape index (κ2) is 45.3. The van der Waals surface area contributed by atoms with E-state index in [-0.39, 0.29) is 19.4 Å². The third-order valence-corrected chi connectivity index (χ3v) is 11.8. The molecule has 0 rings (SSSR count). The minimum Gasteiger partial charge on any atom is -0.462 e. The van der Waals surface area contributed by atoms with Crippen molar-refractivity contribution in [2.24, 2.45) is 0 Å². The van der Waals surface area contributed by atoms with Gasteiger partial charge in [-0.1, -0.05) is 231 Å². The number of carbonyl (C=O) groups is 2. The van der Waals surface area contributed by atoms with Gasteiger partial charge in [-0.25, -0.2) is 4.57 Å². The minimum absolute atomic E-state index is 0.214. The van der Waals surface area contributed by atoms with Crippen LogP contribution in [0.1, 0.15) is 271 Å². The van der Waals surface area contributed by atoms with Crippen molar-refractivity contribution in [1.29, 1.82) is 0 Å². The van der Waals surface area contributed by atoms with Gasteiger partial charge in [0, 0.05) is 12.8 Å². The standard InChI is InChI=1S/C49H95O8P/c1-3-5-7-9-11-13-15-17-19-21-22-23-24-25-26-28-29-31-33-35-37-39-41-43-48(50)55-45-47(46-56-58(52,53)54)57-49(51)44-42-40-38-36-34-32-30-27-20-18-16-14-12-10-8-6-4-2/h14,16,47H,3-13,15,17-46H2,1-2H3,(H2,52,53,54)/b16-14+/t47-/m1/s1. The van der Waals surface area contributed by atoms with Gasteiger partial charge in [-0.15, -0.1) is 0 Å². The van der Waals surface area contributed by atoms with Crippen LogP contribution in [0.5, 0.6) is 0 Å². The van der Waals surface area contributed by atoms with Crippen LogP contribution in [-0.4, -0.2) is 41.0 Å². The normalized spacial score (nSPS) is 12.4. The lowest BCUT2D eigenvalue weighted by atomic mass is 10.0. The van der Waals surface area contributed by atoms with Crippen molar-refractivity contribution in [2.75, 3.05) is 13.2 Å². The van der Waals surface area contributed by atoms with Crippen molar-refractivity contribution < 1.29 is 37.9 Å². The lowest BCUT2D eigenvalue weighted by Crippen LogP contribution is -2.29. The summed E-state index contributed by atoms with van der Waals surface area (Å²) in [5.74, 6) is -0.870. The lowest BCUT2D eigenvalue weighted by molar-refractivity contribution is -0.161. The largest absolute Gasteiger partial charge is 0.469 e. The number of allylic oxidation sites excluding steroid dienone is 2. The summed E-state index contributed by atoms with van der Waals surface area (Å²) in [5, 5.41) is 0. The molecule has 0 aliphatic carbocycles. The Morgan fingerprint density at radius 2 is 0.724 bits per heavy atom. The van der Waals surface area contributed by atoms with Crippen molar-refractivity contribution in [3.05, 3.63) is 12.2 Å². The van der Waals surface area contributed by atoms with Crippen molar-refractivity contribution in [1.82, 2.24) is 0 Å². The molecule has 0 bridgehead atoms. The summed E-state index contributed by atoms with van der Waals surface area (Å²) in [5.41, 5.74) is 0. The molecule has 0 saturated heterocycles. The molecule has 0 aliphatic heterocycles. The predicted molar refractivity (Wildman–Crippen MR) is 244 cm³/mol. The highest BCUT2D eigenvalue weighted by Gasteiger charge is 2.23. The first-order valence-electron chi connectivity index (χ1n) is 25.0. The number of carbonyl (C=O) groups excluding carboxylic acids is 2. The van der Waals surface area contributed by atoms with E-state index in [0.717, 1.165) is 38.5 Å². The minimum atomic E-state index is -4.75. The number of phosphoric ester groups is 1. The molecule has 0 aromatic carbocycles. The van der Waals surface area contributed by atoms with Crippen LogP contribution in [0.3, 0.4) is 0 Å². The molecule has 0 aromatic heterocycles. The van der Waals surface area contributed by atoms with E-state index >= 15 is 0 Å². The summed E-state index contributed by atoms with van der Waals surface area (Å²) in [6.45, 7) is 3.72. The van der Waals surface area contributed by atoms with Gasteiger partial charge in [0.1, 0.15) is 6.61 Å². The Bertz CT molecular complexity index is 951. The fraction of sp³-hybridized carbons (Fsp3) is 0.918. The van der Waals surface area contributed by atoms with Gasteiger partial charge in [-0.3, -0.25) is 14.1 Å². The van der Waals surface area contributed by atoms with E-state index in [1.165, 1.54) is 199 Å². The number of ether oxygens (including phenoxy) is 2. The molecule has 0 fully saturated rings. The highest BCUT2D eigenvalue weighted by molar-refractivity contribution is 7.46. The third-order valence-electron chi connectivity index (χ3n) is 11.3. The second-order valence-electron chi connectivity index (χ2n) is 17.2. The zero-order chi connectivity index (χ0) is 42.5. The van der Waals surface area contributed by atoms with Gasteiger partial charge in [0.25, 0.3) is 0 Å². The van der Waals surface area contributed by atoms with Crippen LogP contribution in [0.2, 0.25) is 0 Å². The van der Waals surface area contributed by atoms with Crippen LogP contribution in [-0.2, 0) is 28.2 Å². The van der Waals surface area contributed by atoms with Crippen molar-refractivity contribution in [3.8, 4) is 0 Å². The van der Waals surface area contributed by atoms with E-state index in [1.54, 1.807) is 0 Å². The Balaban J connectivity index is 3.76. The highest BCUT2D eigenvalue weighted by atomic mass is 31.2. The van der Waals surface area contributed by atoms with Crippen molar-refractivity contribution in [2.45, 2.75) is 277 Å². The third kappa shape index (κ3) is 47.5. The number of unbranched alkanes of at least 4 members (excludes halogenated alkanes) is 35. The Labute approximate surface area is 358 Å². The predicted octanol–water partition coefficient (Wildman–Crippen LogP) is 15.8. The van der Waals surface area contributed by atoms with E-state index in [4.69, 9.17) is 19.3 Å². The maximum absolute atomic E-state index is 12.5. The average Bonchev–Trinajstić information content (AvgIpc) is 3.20. The zero-order valence-electron chi connectivity index (χ0n) is 38.2. The van der Waals surface area contributed by atoms with Crippen molar-refractivity contribution in [3.63, 3.8) is 0 Å². The highest BCUT2D eigenvalue weighted by Crippen LogP contribution is 2.36. The molecule has 0 aliphatic rings. The number of phosphoric acid groups is 1. The van der Waals surface area contributed by atoms with Crippen molar-refractivity contribution >= 4 is 19.8 Å².